The van der Waals surface area contributed by atoms with E-state index in [0.717, 1.165) is 45.0 Å². The van der Waals surface area contributed by atoms with Gasteiger partial charge in [-0.1, -0.05) is 13.0 Å². The molecule has 5 nitrogen and oxygen atoms in total. The molecule has 1 heterocycles. The normalized spacial score (nSPS) is 20.0. The van der Waals surface area contributed by atoms with Crippen LogP contribution < -0.4 is 11.1 Å². The number of aryl methyl sites for hydroxylation is 2. The maximum absolute atomic E-state index is 6.08. The molecule has 25 heavy (non-hydrogen) atoms. The molecule has 1 atom stereocenters. The van der Waals surface area contributed by atoms with Crippen LogP contribution in [0, 0.1) is 0 Å². The molecule has 6 heteroatoms. The average molecular weight is 457 g/mol. The number of nitrogens with zero attached hydrogens (tertiary/aromatic N) is 3. The summed E-state index contributed by atoms with van der Waals surface area (Å²) in [4.78, 5) is 9.56. The lowest BCUT2D eigenvalue weighted by Crippen LogP contribution is -2.50. The lowest BCUT2D eigenvalue weighted by molar-refractivity contribution is 0.109. The van der Waals surface area contributed by atoms with Crippen LogP contribution in [0.4, 0.5) is 5.69 Å². The number of nitrogens with two attached hydrogens (primary N) is 1. The molecule has 1 saturated heterocycles. The van der Waals surface area contributed by atoms with Crippen LogP contribution in [0.2, 0.25) is 0 Å². The van der Waals surface area contributed by atoms with Crippen LogP contribution in [0.15, 0.2) is 23.2 Å². The molecule has 3 N–H and O–H groups in total. The van der Waals surface area contributed by atoms with Crippen molar-refractivity contribution in [2.75, 3.05) is 44.6 Å². The summed E-state index contributed by atoms with van der Waals surface area (Å²) in [5, 5.41) is 3.25. The molecule has 140 valence electrons. The molecule has 1 aliphatic carbocycles. The first-order chi connectivity index (χ1) is 11.7. The number of fused-ring (bicyclic) bond motifs is 1. The van der Waals surface area contributed by atoms with Gasteiger partial charge < -0.3 is 16.0 Å². The Morgan fingerprint density at radius 2 is 1.92 bits per heavy atom. The van der Waals surface area contributed by atoms with Gasteiger partial charge in [0.2, 0.25) is 0 Å². The summed E-state index contributed by atoms with van der Waals surface area (Å²) in [6.07, 6.45) is 3.66. The van der Waals surface area contributed by atoms with Crippen LogP contribution in [-0.4, -0.2) is 61.1 Å². The van der Waals surface area contributed by atoms with Crippen molar-refractivity contribution in [3.63, 3.8) is 0 Å². The van der Waals surface area contributed by atoms with Crippen molar-refractivity contribution < 1.29 is 0 Å². The fourth-order valence-corrected chi connectivity index (χ4v) is 3.70. The van der Waals surface area contributed by atoms with Crippen molar-refractivity contribution in [2.24, 2.45) is 10.7 Å². The number of rotatable bonds is 5. The van der Waals surface area contributed by atoms with E-state index in [-0.39, 0.29) is 24.0 Å². The van der Waals surface area contributed by atoms with Gasteiger partial charge in [-0.25, -0.2) is 0 Å². The fourth-order valence-electron chi connectivity index (χ4n) is 3.70. The largest absolute Gasteiger partial charge is 0.370 e. The van der Waals surface area contributed by atoms with Crippen molar-refractivity contribution in [3.05, 3.63) is 29.3 Å². The molecular formula is C19H32IN5. The lowest BCUT2D eigenvalue weighted by atomic mass is 10.1. The topological polar surface area (TPSA) is 56.9 Å². The second kappa shape index (κ2) is 9.73. The number of anilines is 1. The number of likely N-dealkylation sites (N-methyl/N-ethyl adjacent to an activating group) is 1. The quantitative estimate of drug-likeness (QED) is 0.406. The highest BCUT2D eigenvalue weighted by atomic mass is 127. The SMILES string of the molecule is CCN1CCN(C(C)CN=C(N)Nc2ccc3c(c2)CCC3)CC1.I. The van der Waals surface area contributed by atoms with E-state index < -0.39 is 0 Å². The predicted molar refractivity (Wildman–Crippen MR) is 117 cm³/mol. The Hall–Kier alpha value is -0.860. The summed E-state index contributed by atoms with van der Waals surface area (Å²) in [5.74, 6) is 0.520. The van der Waals surface area contributed by atoms with Crippen LogP contribution in [-0.2, 0) is 12.8 Å². The van der Waals surface area contributed by atoms with Gasteiger partial charge >= 0.3 is 0 Å². The van der Waals surface area contributed by atoms with Crippen molar-refractivity contribution >= 4 is 35.6 Å². The van der Waals surface area contributed by atoms with Gasteiger partial charge in [-0.2, -0.15) is 0 Å². The molecule has 0 bridgehead atoms. The summed E-state index contributed by atoms with van der Waals surface area (Å²) in [5.41, 5.74) is 10.1. The standard InChI is InChI=1S/C19H31N5.HI/c1-3-23-9-11-24(12-10-23)15(2)14-21-19(20)22-18-8-7-16-5-4-6-17(16)13-18;/h7-8,13,15H,3-6,9-12,14H2,1-2H3,(H3,20,21,22);1H. The number of piperazine rings is 1. The Morgan fingerprint density at radius 1 is 1.20 bits per heavy atom. The molecule has 0 amide bonds. The van der Waals surface area contributed by atoms with E-state index in [9.17, 15) is 0 Å². The third-order valence-electron chi connectivity index (χ3n) is 5.37. The Balaban J connectivity index is 0.00000225. The summed E-state index contributed by atoms with van der Waals surface area (Å²) >= 11 is 0. The first kappa shape index (κ1) is 20.5. The molecule has 1 unspecified atom stereocenters. The smallest absolute Gasteiger partial charge is 0.193 e. The minimum Gasteiger partial charge on any atom is -0.370 e. The molecule has 1 aliphatic heterocycles. The van der Waals surface area contributed by atoms with Gasteiger partial charge in [-0.3, -0.25) is 9.89 Å². The number of benzene rings is 1. The third kappa shape index (κ3) is 5.56. The van der Waals surface area contributed by atoms with E-state index in [4.69, 9.17) is 5.73 Å². The lowest BCUT2D eigenvalue weighted by Gasteiger charge is -2.37. The van der Waals surface area contributed by atoms with Crippen LogP contribution >= 0.6 is 24.0 Å². The summed E-state index contributed by atoms with van der Waals surface area (Å²) in [7, 11) is 0. The van der Waals surface area contributed by atoms with Crippen molar-refractivity contribution in [2.45, 2.75) is 39.2 Å². The molecule has 1 fully saturated rings. The highest BCUT2D eigenvalue weighted by Crippen LogP contribution is 2.24. The van der Waals surface area contributed by atoms with Crippen LogP contribution in [0.25, 0.3) is 0 Å². The zero-order valence-electron chi connectivity index (χ0n) is 15.5. The highest BCUT2D eigenvalue weighted by molar-refractivity contribution is 14.0. The first-order valence-corrected chi connectivity index (χ1v) is 9.31. The van der Waals surface area contributed by atoms with Crippen LogP contribution in [0.5, 0.6) is 0 Å². The number of hydrogen-bond donors (Lipinski definition) is 2. The highest BCUT2D eigenvalue weighted by Gasteiger charge is 2.19. The Morgan fingerprint density at radius 3 is 2.64 bits per heavy atom. The predicted octanol–water partition coefficient (Wildman–Crippen LogP) is 2.55. The maximum atomic E-state index is 6.08. The Kier molecular flexibility index (Phi) is 7.96. The molecule has 0 saturated carbocycles. The number of nitrogens with one attached hydrogen (secondary N) is 1. The summed E-state index contributed by atoms with van der Waals surface area (Å²) < 4.78 is 0. The fraction of sp³-hybridized carbons (Fsp3) is 0.632. The van der Waals surface area contributed by atoms with Gasteiger partial charge in [-0.05, 0) is 56.0 Å². The van der Waals surface area contributed by atoms with E-state index in [1.165, 1.54) is 30.4 Å². The molecule has 0 spiro atoms. The van der Waals surface area contributed by atoms with Gasteiger partial charge in [0.05, 0.1) is 6.54 Å². The van der Waals surface area contributed by atoms with E-state index in [1.807, 2.05) is 0 Å². The first-order valence-electron chi connectivity index (χ1n) is 9.31. The van der Waals surface area contributed by atoms with E-state index in [1.54, 1.807) is 0 Å². The van der Waals surface area contributed by atoms with Crippen molar-refractivity contribution in [1.82, 2.24) is 9.80 Å². The minimum absolute atomic E-state index is 0. The van der Waals surface area contributed by atoms with Gasteiger partial charge in [0, 0.05) is 37.9 Å². The molecule has 0 radical (unpaired) electrons. The van der Waals surface area contributed by atoms with Crippen molar-refractivity contribution in [1.29, 1.82) is 0 Å². The molecule has 2 aliphatic rings. The minimum atomic E-state index is 0. The second-order valence-electron chi connectivity index (χ2n) is 7.01. The maximum Gasteiger partial charge on any atom is 0.193 e. The Labute approximate surface area is 169 Å². The molecule has 0 aromatic heterocycles. The number of halogens is 1. The number of hydrogen-bond acceptors (Lipinski definition) is 3. The summed E-state index contributed by atoms with van der Waals surface area (Å²) in [6, 6.07) is 6.98. The Bertz CT molecular complexity index is 581. The zero-order chi connectivity index (χ0) is 16.9. The molecule has 1 aromatic rings. The average Bonchev–Trinajstić information content (AvgIpc) is 3.07. The second-order valence-corrected chi connectivity index (χ2v) is 7.01. The number of aliphatic imine (C=N–C) groups is 1. The van der Waals surface area contributed by atoms with Crippen LogP contribution in [0.3, 0.4) is 0 Å². The van der Waals surface area contributed by atoms with E-state index in [2.05, 4.69) is 52.2 Å². The molecule has 1 aromatic carbocycles. The molecule has 3 rings (SSSR count). The van der Waals surface area contributed by atoms with E-state index >= 15 is 0 Å². The number of guanidine groups is 1. The zero-order valence-corrected chi connectivity index (χ0v) is 17.8. The monoisotopic (exact) mass is 457 g/mol. The van der Waals surface area contributed by atoms with Gasteiger partial charge in [0.25, 0.3) is 0 Å². The van der Waals surface area contributed by atoms with Gasteiger partial charge in [-0.15, -0.1) is 24.0 Å². The van der Waals surface area contributed by atoms with Gasteiger partial charge in [0.1, 0.15) is 0 Å². The van der Waals surface area contributed by atoms with E-state index in [0.29, 0.717) is 12.0 Å². The molecular weight excluding hydrogens is 425 g/mol. The summed E-state index contributed by atoms with van der Waals surface area (Å²) in [6.45, 7) is 10.9. The third-order valence-corrected chi connectivity index (χ3v) is 5.37. The van der Waals surface area contributed by atoms with Crippen molar-refractivity contribution in [3.8, 4) is 0 Å². The van der Waals surface area contributed by atoms with Crippen LogP contribution in [0.1, 0.15) is 31.4 Å². The van der Waals surface area contributed by atoms with Gasteiger partial charge in [0.15, 0.2) is 5.96 Å².